The first kappa shape index (κ1) is 18.9. The number of carbonyl (C=O) groups excluding carboxylic acids is 1. The second-order valence-corrected chi connectivity index (χ2v) is 6.84. The second kappa shape index (κ2) is 8.62. The molecule has 0 aliphatic rings. The zero-order valence-corrected chi connectivity index (χ0v) is 15.1. The summed E-state index contributed by atoms with van der Waals surface area (Å²) in [6, 6.07) is 13.8. The summed E-state index contributed by atoms with van der Waals surface area (Å²) in [5, 5.41) is 7.62. The molecule has 2 rings (SSSR count). The van der Waals surface area contributed by atoms with Crippen molar-refractivity contribution in [3.8, 4) is 0 Å². The number of hydrogen-bond donors (Lipinski definition) is 2. The lowest BCUT2D eigenvalue weighted by Crippen LogP contribution is -2.07. The molecule has 0 heterocycles. The Balaban J connectivity index is 2.16. The van der Waals surface area contributed by atoms with Crippen molar-refractivity contribution in [1.29, 1.82) is 5.41 Å². The zero-order valence-electron chi connectivity index (χ0n) is 14.3. The van der Waals surface area contributed by atoms with Crippen molar-refractivity contribution in [1.82, 2.24) is 0 Å². The topological polar surface area (TPSA) is 66.9 Å². The van der Waals surface area contributed by atoms with Gasteiger partial charge < -0.3 is 11.1 Å². The summed E-state index contributed by atoms with van der Waals surface area (Å²) >= 11 is 1.12. The van der Waals surface area contributed by atoms with E-state index in [1.54, 1.807) is 19.9 Å². The number of rotatable bonds is 6. The lowest BCUT2D eigenvalue weighted by atomic mass is 9.99. The van der Waals surface area contributed by atoms with E-state index in [0.29, 0.717) is 35.4 Å². The fourth-order valence-electron chi connectivity index (χ4n) is 2.49. The molecule has 0 atom stereocenters. The van der Waals surface area contributed by atoms with Gasteiger partial charge in [-0.3, -0.25) is 4.79 Å². The standard InChI is InChI=1S/C20H21FN2OS/c1-13(22)18(14(2)23)10-8-15-12-16(9-11-19(15)21)20(24)25-17-6-4-3-5-7-17/h3-7,9,11-12,22H,8,10,23H2,1-2H3. The number of aryl methyl sites for hydroxylation is 1. The number of hydrogen-bond acceptors (Lipinski definition) is 4. The Kier molecular flexibility index (Phi) is 6.53. The number of halogens is 1. The Labute approximate surface area is 151 Å². The van der Waals surface area contributed by atoms with Crippen LogP contribution in [0.15, 0.2) is 64.7 Å². The first-order valence-electron chi connectivity index (χ1n) is 7.95. The van der Waals surface area contributed by atoms with Crippen molar-refractivity contribution in [3.63, 3.8) is 0 Å². The number of nitrogens with two attached hydrogens (primary N) is 1. The van der Waals surface area contributed by atoms with E-state index >= 15 is 0 Å². The molecule has 0 aliphatic carbocycles. The van der Waals surface area contributed by atoms with E-state index in [1.165, 1.54) is 12.1 Å². The maximum absolute atomic E-state index is 14.1. The van der Waals surface area contributed by atoms with E-state index in [0.717, 1.165) is 22.2 Å². The van der Waals surface area contributed by atoms with Crippen LogP contribution < -0.4 is 5.73 Å². The highest BCUT2D eigenvalue weighted by Gasteiger charge is 2.13. The van der Waals surface area contributed by atoms with Crippen LogP contribution in [0.2, 0.25) is 0 Å². The van der Waals surface area contributed by atoms with Crippen LogP contribution in [0.5, 0.6) is 0 Å². The lowest BCUT2D eigenvalue weighted by molar-refractivity contribution is 0.108. The van der Waals surface area contributed by atoms with E-state index in [2.05, 4.69) is 0 Å². The summed E-state index contributed by atoms with van der Waals surface area (Å²) in [6.07, 6.45) is 0.862. The van der Waals surface area contributed by atoms with Crippen LogP contribution >= 0.6 is 11.8 Å². The predicted molar refractivity (Wildman–Crippen MR) is 102 cm³/mol. The van der Waals surface area contributed by atoms with Gasteiger partial charge in [-0.25, -0.2) is 4.39 Å². The van der Waals surface area contributed by atoms with Gasteiger partial charge >= 0.3 is 0 Å². The van der Waals surface area contributed by atoms with Crippen molar-refractivity contribution in [2.45, 2.75) is 31.6 Å². The maximum atomic E-state index is 14.1. The summed E-state index contributed by atoms with van der Waals surface area (Å²) in [4.78, 5) is 13.3. The van der Waals surface area contributed by atoms with Gasteiger partial charge in [-0.2, -0.15) is 0 Å². The average molecular weight is 356 g/mol. The molecule has 0 saturated carbocycles. The molecule has 2 aromatic rings. The second-order valence-electron chi connectivity index (χ2n) is 5.80. The Morgan fingerprint density at radius 1 is 1.16 bits per heavy atom. The highest BCUT2D eigenvalue weighted by atomic mass is 32.2. The summed E-state index contributed by atoms with van der Waals surface area (Å²) in [7, 11) is 0. The summed E-state index contributed by atoms with van der Waals surface area (Å²) < 4.78 is 14.1. The van der Waals surface area contributed by atoms with Gasteiger partial charge in [0.25, 0.3) is 0 Å². The van der Waals surface area contributed by atoms with Gasteiger partial charge in [0.15, 0.2) is 0 Å². The highest BCUT2D eigenvalue weighted by Crippen LogP contribution is 2.24. The van der Waals surface area contributed by atoms with Crippen molar-refractivity contribution < 1.29 is 9.18 Å². The minimum Gasteiger partial charge on any atom is -0.402 e. The average Bonchev–Trinajstić information content (AvgIpc) is 2.56. The molecule has 0 spiro atoms. The van der Waals surface area contributed by atoms with E-state index in [-0.39, 0.29) is 10.9 Å². The first-order valence-corrected chi connectivity index (χ1v) is 8.76. The van der Waals surface area contributed by atoms with E-state index in [4.69, 9.17) is 11.1 Å². The van der Waals surface area contributed by atoms with Gasteiger partial charge in [0.05, 0.1) is 0 Å². The maximum Gasteiger partial charge on any atom is 0.224 e. The molecule has 130 valence electrons. The van der Waals surface area contributed by atoms with Crippen LogP contribution in [0.3, 0.4) is 0 Å². The molecular weight excluding hydrogens is 335 g/mol. The van der Waals surface area contributed by atoms with E-state index in [9.17, 15) is 9.18 Å². The highest BCUT2D eigenvalue weighted by molar-refractivity contribution is 8.14. The van der Waals surface area contributed by atoms with Crippen LogP contribution in [-0.2, 0) is 6.42 Å². The molecule has 0 saturated heterocycles. The van der Waals surface area contributed by atoms with Crippen molar-refractivity contribution in [2.24, 2.45) is 5.73 Å². The third-order valence-electron chi connectivity index (χ3n) is 3.81. The van der Waals surface area contributed by atoms with Crippen molar-refractivity contribution in [2.75, 3.05) is 0 Å². The van der Waals surface area contributed by atoms with Crippen LogP contribution in [0.25, 0.3) is 0 Å². The normalized spacial score (nSPS) is 11.8. The van der Waals surface area contributed by atoms with Crippen LogP contribution in [0.4, 0.5) is 4.39 Å². The SMILES string of the molecule is CC(=N)C(CCc1cc(C(=O)Sc2ccccc2)ccc1F)=C(C)N. The smallest absolute Gasteiger partial charge is 0.224 e. The first-order chi connectivity index (χ1) is 11.9. The lowest BCUT2D eigenvalue weighted by Gasteiger charge is -2.10. The summed E-state index contributed by atoms with van der Waals surface area (Å²) in [5.74, 6) is -0.349. The summed E-state index contributed by atoms with van der Waals surface area (Å²) in [6.45, 7) is 3.40. The summed E-state index contributed by atoms with van der Waals surface area (Å²) in [5.41, 5.74) is 8.38. The predicted octanol–water partition coefficient (Wildman–Crippen LogP) is 4.96. The largest absolute Gasteiger partial charge is 0.402 e. The molecule has 0 radical (unpaired) electrons. The molecule has 5 heteroatoms. The minimum atomic E-state index is -0.349. The van der Waals surface area contributed by atoms with Gasteiger partial charge in [0.1, 0.15) is 5.82 Å². The Morgan fingerprint density at radius 2 is 1.84 bits per heavy atom. The molecule has 0 bridgehead atoms. The van der Waals surface area contributed by atoms with Crippen molar-refractivity contribution in [3.05, 3.63) is 76.7 Å². The fraction of sp³-hybridized carbons (Fsp3) is 0.200. The van der Waals surface area contributed by atoms with Crippen molar-refractivity contribution >= 4 is 22.6 Å². The number of benzene rings is 2. The molecule has 3 N–H and O–H groups in total. The van der Waals surface area contributed by atoms with Crippen LogP contribution in [-0.4, -0.2) is 10.8 Å². The Hall–Kier alpha value is -2.40. The molecule has 25 heavy (non-hydrogen) atoms. The van der Waals surface area contributed by atoms with Crippen LogP contribution in [0.1, 0.15) is 36.2 Å². The number of carbonyl (C=O) groups is 1. The number of thioether (sulfide) groups is 1. The monoisotopic (exact) mass is 356 g/mol. The quantitative estimate of drug-likeness (QED) is 0.568. The fourth-order valence-corrected chi connectivity index (χ4v) is 3.24. The Morgan fingerprint density at radius 3 is 2.44 bits per heavy atom. The third-order valence-corrected chi connectivity index (χ3v) is 4.74. The van der Waals surface area contributed by atoms with Gasteiger partial charge in [0, 0.05) is 21.9 Å². The van der Waals surface area contributed by atoms with Gasteiger partial charge in [-0.15, -0.1) is 0 Å². The molecule has 3 nitrogen and oxygen atoms in total. The van der Waals surface area contributed by atoms with Gasteiger partial charge in [-0.05, 0) is 79.9 Å². The molecule has 0 aliphatic heterocycles. The third kappa shape index (κ3) is 5.29. The number of allylic oxidation sites excluding steroid dienone is 2. The molecular formula is C20H21FN2OS. The van der Waals surface area contributed by atoms with E-state index in [1.807, 2.05) is 30.3 Å². The minimum absolute atomic E-state index is 0.124. The molecule has 2 aromatic carbocycles. The van der Waals surface area contributed by atoms with E-state index < -0.39 is 0 Å². The number of nitrogens with one attached hydrogen (secondary N) is 1. The molecule has 0 fully saturated rings. The zero-order chi connectivity index (χ0) is 18.4. The van der Waals surface area contributed by atoms with Gasteiger partial charge in [0.2, 0.25) is 5.12 Å². The van der Waals surface area contributed by atoms with Crippen LogP contribution in [0, 0.1) is 11.2 Å². The Bertz CT molecular complexity index is 812. The molecule has 0 aromatic heterocycles. The molecule has 0 amide bonds. The molecule has 0 unspecified atom stereocenters. The van der Waals surface area contributed by atoms with Gasteiger partial charge in [-0.1, -0.05) is 18.2 Å².